The van der Waals surface area contributed by atoms with Gasteiger partial charge in [-0.1, -0.05) is 6.07 Å². The molecule has 4 nitrogen and oxygen atoms in total. The minimum Gasteiger partial charge on any atom is -0.435 e. The van der Waals surface area contributed by atoms with Gasteiger partial charge >= 0.3 is 0 Å². The van der Waals surface area contributed by atoms with Gasteiger partial charge < -0.3 is 10.5 Å². The number of hydrogen-bond donors (Lipinski definition) is 1. The zero-order valence-electron chi connectivity index (χ0n) is 11.7. The molecule has 0 aliphatic rings. The highest BCUT2D eigenvalue weighted by Crippen LogP contribution is 2.36. The largest absolute Gasteiger partial charge is 0.435 e. The van der Waals surface area contributed by atoms with E-state index in [1.165, 1.54) is 12.4 Å². The fourth-order valence-corrected chi connectivity index (χ4v) is 3.07. The van der Waals surface area contributed by atoms with Gasteiger partial charge in [0.2, 0.25) is 5.88 Å². The number of aryl methyl sites for hydroxylation is 2. The van der Waals surface area contributed by atoms with E-state index in [1.54, 1.807) is 23.5 Å². The van der Waals surface area contributed by atoms with E-state index in [2.05, 4.69) is 9.97 Å². The van der Waals surface area contributed by atoms with Gasteiger partial charge in [-0.2, -0.15) is 0 Å². The van der Waals surface area contributed by atoms with E-state index < -0.39 is 5.82 Å². The predicted molar refractivity (Wildman–Crippen MR) is 81.3 cm³/mol. The van der Waals surface area contributed by atoms with Crippen molar-refractivity contribution in [2.45, 2.75) is 20.4 Å². The van der Waals surface area contributed by atoms with E-state index in [-0.39, 0.29) is 12.3 Å². The third kappa shape index (κ3) is 2.48. The first kappa shape index (κ1) is 13.9. The summed E-state index contributed by atoms with van der Waals surface area (Å²) >= 11 is 1.57. The summed E-state index contributed by atoms with van der Waals surface area (Å²) < 4.78 is 19.7. The zero-order chi connectivity index (χ0) is 15.0. The first-order valence-electron chi connectivity index (χ1n) is 6.47. The molecule has 0 saturated heterocycles. The lowest BCUT2D eigenvalue weighted by Gasteiger charge is -2.08. The van der Waals surface area contributed by atoms with Crippen LogP contribution in [0, 0.1) is 19.7 Å². The minimum atomic E-state index is -0.450. The molecule has 0 saturated carbocycles. The van der Waals surface area contributed by atoms with Gasteiger partial charge in [-0.15, -0.1) is 11.3 Å². The number of nitrogens with zero attached hydrogens (tertiary/aromatic N) is 2. The van der Waals surface area contributed by atoms with Gasteiger partial charge in [0.1, 0.15) is 11.2 Å². The number of ether oxygens (including phenoxy) is 1. The molecule has 0 fully saturated rings. The van der Waals surface area contributed by atoms with Crippen LogP contribution in [0.4, 0.5) is 4.39 Å². The molecule has 0 aliphatic heterocycles. The maximum atomic E-state index is 14.0. The first-order valence-corrected chi connectivity index (χ1v) is 7.29. The fourth-order valence-electron chi connectivity index (χ4n) is 2.09. The van der Waals surface area contributed by atoms with E-state index >= 15 is 0 Å². The van der Waals surface area contributed by atoms with E-state index in [1.807, 2.05) is 13.8 Å². The molecule has 0 amide bonds. The van der Waals surface area contributed by atoms with Crippen LogP contribution in [0.15, 0.2) is 24.5 Å². The van der Waals surface area contributed by atoms with Crippen LogP contribution in [0.25, 0.3) is 10.2 Å². The van der Waals surface area contributed by atoms with Gasteiger partial charge in [-0.3, -0.25) is 0 Å². The van der Waals surface area contributed by atoms with Crippen molar-refractivity contribution in [2.75, 3.05) is 0 Å². The number of rotatable bonds is 3. The van der Waals surface area contributed by atoms with Crippen molar-refractivity contribution >= 4 is 21.6 Å². The summed E-state index contributed by atoms with van der Waals surface area (Å²) in [6.45, 7) is 4.29. The number of benzene rings is 1. The molecule has 21 heavy (non-hydrogen) atoms. The lowest BCUT2D eigenvalue weighted by molar-refractivity contribution is 0.431. The summed E-state index contributed by atoms with van der Waals surface area (Å²) in [5.41, 5.74) is 7.27. The maximum Gasteiger partial charge on any atom is 0.231 e. The average molecular weight is 303 g/mol. The molecule has 6 heteroatoms. The van der Waals surface area contributed by atoms with Crippen molar-refractivity contribution in [2.24, 2.45) is 5.73 Å². The number of aromatic nitrogens is 2. The van der Waals surface area contributed by atoms with Gasteiger partial charge in [0.05, 0.1) is 5.39 Å². The third-order valence-electron chi connectivity index (χ3n) is 3.37. The Morgan fingerprint density at radius 3 is 2.81 bits per heavy atom. The second kappa shape index (κ2) is 5.38. The fraction of sp³-hybridized carbons (Fsp3) is 0.200. The molecule has 0 aliphatic carbocycles. The minimum absolute atomic E-state index is 0.135. The van der Waals surface area contributed by atoms with E-state index in [9.17, 15) is 4.39 Å². The van der Waals surface area contributed by atoms with Crippen LogP contribution < -0.4 is 10.5 Å². The molecule has 0 spiro atoms. The van der Waals surface area contributed by atoms with Gasteiger partial charge in [-0.25, -0.2) is 14.4 Å². The molecule has 0 radical (unpaired) electrons. The number of halogens is 1. The van der Waals surface area contributed by atoms with E-state index in [0.717, 1.165) is 26.2 Å². The summed E-state index contributed by atoms with van der Waals surface area (Å²) in [7, 11) is 0. The van der Waals surface area contributed by atoms with Crippen LogP contribution in [-0.4, -0.2) is 9.97 Å². The second-order valence-corrected chi connectivity index (χ2v) is 5.92. The molecule has 1 aromatic carbocycles. The van der Waals surface area contributed by atoms with Crippen molar-refractivity contribution in [3.05, 3.63) is 46.3 Å². The highest BCUT2D eigenvalue weighted by atomic mass is 32.1. The van der Waals surface area contributed by atoms with E-state index in [4.69, 9.17) is 10.5 Å². The van der Waals surface area contributed by atoms with Crippen molar-refractivity contribution < 1.29 is 9.13 Å². The Balaban J connectivity index is 2.06. The van der Waals surface area contributed by atoms with Crippen LogP contribution >= 0.6 is 11.3 Å². The molecule has 0 atom stereocenters. The Labute approximate surface area is 125 Å². The first-order chi connectivity index (χ1) is 10.1. The van der Waals surface area contributed by atoms with Gasteiger partial charge in [-0.05, 0) is 37.1 Å². The molecule has 108 valence electrons. The van der Waals surface area contributed by atoms with Crippen LogP contribution in [0.1, 0.15) is 16.0 Å². The molecular formula is C15H14FN3OS. The Hall–Kier alpha value is -2.05. The second-order valence-electron chi connectivity index (χ2n) is 4.71. The zero-order valence-corrected chi connectivity index (χ0v) is 12.5. The SMILES string of the molecule is Cc1sc2ncnc(Oc3ccc(CN)cc3F)c2c1C. The highest BCUT2D eigenvalue weighted by molar-refractivity contribution is 7.18. The predicted octanol–water partition coefficient (Wildman–Crippen LogP) is 3.70. The quantitative estimate of drug-likeness (QED) is 0.801. The average Bonchev–Trinajstić information content (AvgIpc) is 2.77. The summed E-state index contributed by atoms with van der Waals surface area (Å²) in [5.74, 6) is 0.0611. The molecule has 2 aromatic heterocycles. The Bertz CT molecular complexity index is 816. The lowest BCUT2D eigenvalue weighted by atomic mass is 10.2. The number of thiophene rings is 1. The van der Waals surface area contributed by atoms with Crippen molar-refractivity contribution in [3.63, 3.8) is 0 Å². The molecule has 0 unspecified atom stereocenters. The molecular weight excluding hydrogens is 289 g/mol. The summed E-state index contributed by atoms with van der Waals surface area (Å²) in [6, 6.07) is 4.68. The molecule has 2 heterocycles. The number of nitrogens with two attached hydrogens (primary N) is 1. The lowest BCUT2D eigenvalue weighted by Crippen LogP contribution is -1.98. The van der Waals surface area contributed by atoms with Gasteiger partial charge in [0, 0.05) is 11.4 Å². The monoisotopic (exact) mass is 303 g/mol. The smallest absolute Gasteiger partial charge is 0.231 e. The van der Waals surface area contributed by atoms with E-state index in [0.29, 0.717) is 5.88 Å². The van der Waals surface area contributed by atoms with Crippen LogP contribution in [0.3, 0.4) is 0 Å². The highest BCUT2D eigenvalue weighted by Gasteiger charge is 2.15. The molecule has 2 N–H and O–H groups in total. The normalized spacial score (nSPS) is 11.0. The van der Waals surface area contributed by atoms with Gasteiger partial charge in [0.25, 0.3) is 0 Å². The number of hydrogen-bond acceptors (Lipinski definition) is 5. The maximum absolute atomic E-state index is 14.0. The topological polar surface area (TPSA) is 61.0 Å². The Morgan fingerprint density at radius 1 is 1.29 bits per heavy atom. The van der Waals surface area contributed by atoms with Crippen molar-refractivity contribution in [3.8, 4) is 11.6 Å². The number of fused-ring (bicyclic) bond motifs is 1. The van der Waals surface area contributed by atoms with Crippen LogP contribution in [-0.2, 0) is 6.54 Å². The molecule has 3 rings (SSSR count). The van der Waals surface area contributed by atoms with Crippen LogP contribution in [0.5, 0.6) is 11.6 Å². The van der Waals surface area contributed by atoms with Crippen molar-refractivity contribution in [1.82, 2.24) is 9.97 Å². The standard InChI is InChI=1S/C15H14FN3OS/c1-8-9(2)21-15-13(8)14(18-7-19-15)20-12-4-3-10(6-17)5-11(12)16/h3-5,7H,6,17H2,1-2H3. The Morgan fingerprint density at radius 2 is 2.10 bits per heavy atom. The summed E-state index contributed by atoms with van der Waals surface area (Å²) in [6.07, 6.45) is 1.43. The third-order valence-corrected chi connectivity index (χ3v) is 4.48. The summed E-state index contributed by atoms with van der Waals surface area (Å²) in [4.78, 5) is 10.4. The Kier molecular flexibility index (Phi) is 3.57. The summed E-state index contributed by atoms with van der Waals surface area (Å²) in [5, 5.41) is 0.835. The van der Waals surface area contributed by atoms with Gasteiger partial charge in [0.15, 0.2) is 11.6 Å². The molecule has 3 aromatic rings. The molecule has 0 bridgehead atoms. The van der Waals surface area contributed by atoms with Crippen LogP contribution in [0.2, 0.25) is 0 Å². The van der Waals surface area contributed by atoms with Crippen molar-refractivity contribution in [1.29, 1.82) is 0 Å².